The molecule has 0 aliphatic heterocycles. The maximum absolute atomic E-state index is 12.8. The largest absolute Gasteiger partial charge is 0.299 e. The number of hydrogen-bond acceptors (Lipinski definition) is 1. The van der Waals surface area contributed by atoms with Gasteiger partial charge in [0, 0.05) is 0 Å². The van der Waals surface area contributed by atoms with Crippen LogP contribution < -0.4 is 0 Å². The van der Waals surface area contributed by atoms with Crippen molar-refractivity contribution in [3.05, 3.63) is 40.1 Å². The molecule has 62 valence electrons. The second-order valence-electron chi connectivity index (χ2n) is 2.17. The van der Waals surface area contributed by atoms with Crippen LogP contribution in [0.25, 0.3) is 6.08 Å². The Balaban J connectivity index is 2.96. The van der Waals surface area contributed by atoms with Gasteiger partial charge in [0.25, 0.3) is 0 Å². The molecule has 0 bridgehead atoms. The van der Waals surface area contributed by atoms with Crippen LogP contribution in [0.4, 0.5) is 4.39 Å². The van der Waals surface area contributed by atoms with Crippen LogP contribution in [0.3, 0.4) is 0 Å². The zero-order valence-electron chi connectivity index (χ0n) is 6.13. The molecule has 0 aliphatic rings. The van der Waals surface area contributed by atoms with Crippen molar-refractivity contribution in [3.8, 4) is 0 Å². The van der Waals surface area contributed by atoms with Gasteiger partial charge in [0.15, 0.2) is 0 Å². The Morgan fingerprint density at radius 3 is 2.75 bits per heavy atom. The van der Waals surface area contributed by atoms with Crippen molar-refractivity contribution in [1.29, 1.82) is 0 Å². The third-order valence-electron chi connectivity index (χ3n) is 1.31. The molecule has 0 aliphatic carbocycles. The topological polar surface area (TPSA) is 17.1 Å². The van der Waals surface area contributed by atoms with E-state index in [-0.39, 0.29) is 5.82 Å². The maximum atomic E-state index is 12.8. The van der Waals surface area contributed by atoms with Gasteiger partial charge >= 0.3 is 0 Å². The van der Waals surface area contributed by atoms with Crippen LogP contribution in [-0.4, -0.2) is 6.29 Å². The lowest BCUT2D eigenvalue weighted by molar-refractivity contribution is -0.104. The summed E-state index contributed by atoms with van der Waals surface area (Å²) in [6.07, 6.45) is 3.52. The minimum Gasteiger partial charge on any atom is -0.299 e. The smallest absolute Gasteiger partial charge is 0.142 e. The minimum atomic E-state index is -0.331. The molecule has 12 heavy (non-hydrogen) atoms. The average molecular weight is 229 g/mol. The van der Waals surface area contributed by atoms with Crippen LogP contribution in [0.5, 0.6) is 0 Å². The van der Waals surface area contributed by atoms with Crippen LogP contribution in [0.2, 0.25) is 0 Å². The van der Waals surface area contributed by atoms with Gasteiger partial charge in [0.05, 0.1) is 4.47 Å². The molecule has 0 amide bonds. The molecule has 0 N–H and O–H groups in total. The fraction of sp³-hybridized carbons (Fsp3) is 0. The first-order valence-electron chi connectivity index (χ1n) is 3.31. The van der Waals surface area contributed by atoms with Crippen LogP contribution >= 0.6 is 15.9 Å². The van der Waals surface area contributed by atoms with Gasteiger partial charge in [0.2, 0.25) is 0 Å². The second-order valence-corrected chi connectivity index (χ2v) is 3.02. The first-order valence-corrected chi connectivity index (χ1v) is 4.10. The van der Waals surface area contributed by atoms with E-state index in [1.807, 2.05) is 0 Å². The van der Waals surface area contributed by atoms with Crippen molar-refractivity contribution in [1.82, 2.24) is 0 Å². The van der Waals surface area contributed by atoms with Crippen molar-refractivity contribution >= 4 is 28.3 Å². The summed E-state index contributed by atoms with van der Waals surface area (Å²) < 4.78 is 13.3. The summed E-state index contributed by atoms with van der Waals surface area (Å²) in [6.45, 7) is 0. The van der Waals surface area contributed by atoms with Gasteiger partial charge in [-0.1, -0.05) is 12.1 Å². The Morgan fingerprint density at radius 1 is 1.42 bits per heavy atom. The molecule has 0 radical (unpaired) electrons. The van der Waals surface area contributed by atoms with Crippen LogP contribution in [-0.2, 0) is 4.79 Å². The van der Waals surface area contributed by atoms with E-state index in [0.29, 0.717) is 16.3 Å². The summed E-state index contributed by atoms with van der Waals surface area (Å²) in [7, 11) is 0. The predicted molar refractivity (Wildman–Crippen MR) is 49.2 cm³/mol. The lowest BCUT2D eigenvalue weighted by Crippen LogP contribution is -1.78. The van der Waals surface area contributed by atoms with Gasteiger partial charge in [-0.05, 0) is 39.7 Å². The molecule has 0 unspecified atom stereocenters. The van der Waals surface area contributed by atoms with Gasteiger partial charge in [-0.25, -0.2) is 4.39 Å². The second kappa shape index (κ2) is 4.16. The normalized spacial score (nSPS) is 10.5. The number of rotatable bonds is 2. The van der Waals surface area contributed by atoms with Gasteiger partial charge in [-0.3, -0.25) is 4.79 Å². The first-order chi connectivity index (χ1) is 5.74. The Morgan fingerprint density at radius 2 is 2.17 bits per heavy atom. The molecule has 0 heterocycles. The Kier molecular flexibility index (Phi) is 3.17. The third-order valence-corrected chi connectivity index (χ3v) is 1.95. The molecule has 1 rings (SSSR count). The van der Waals surface area contributed by atoms with Crippen LogP contribution in [0, 0.1) is 5.82 Å². The van der Waals surface area contributed by atoms with Crippen molar-refractivity contribution in [2.45, 2.75) is 0 Å². The van der Waals surface area contributed by atoms with E-state index in [1.165, 1.54) is 12.1 Å². The van der Waals surface area contributed by atoms with E-state index in [9.17, 15) is 9.18 Å². The highest BCUT2D eigenvalue weighted by molar-refractivity contribution is 9.10. The summed E-state index contributed by atoms with van der Waals surface area (Å²) in [5.41, 5.74) is 0.669. The SMILES string of the molecule is O=C/C=C/c1ccc(Br)c(F)c1. The van der Waals surface area contributed by atoms with E-state index >= 15 is 0 Å². The Hall–Kier alpha value is -0.960. The molecular formula is C9H6BrFO. The Bertz CT molecular complexity index is 320. The maximum Gasteiger partial charge on any atom is 0.142 e. The van der Waals surface area contributed by atoms with Crippen molar-refractivity contribution in [2.24, 2.45) is 0 Å². The molecule has 0 atom stereocenters. The number of benzene rings is 1. The highest BCUT2D eigenvalue weighted by Gasteiger charge is 1.96. The van der Waals surface area contributed by atoms with Crippen molar-refractivity contribution < 1.29 is 9.18 Å². The summed E-state index contributed by atoms with van der Waals surface area (Å²) in [6, 6.07) is 4.66. The predicted octanol–water partition coefficient (Wildman–Crippen LogP) is 2.80. The van der Waals surface area contributed by atoms with Crippen molar-refractivity contribution in [3.63, 3.8) is 0 Å². The first kappa shape index (κ1) is 9.13. The molecule has 0 spiro atoms. The highest BCUT2D eigenvalue weighted by Crippen LogP contribution is 2.16. The fourth-order valence-electron chi connectivity index (χ4n) is 0.766. The molecule has 1 nitrogen and oxygen atoms in total. The standard InChI is InChI=1S/C9H6BrFO/c10-8-4-3-7(2-1-5-12)6-9(8)11/h1-6H/b2-1+. The molecule has 0 fully saturated rings. The average Bonchev–Trinajstić information content (AvgIpc) is 2.07. The summed E-state index contributed by atoms with van der Waals surface area (Å²) in [4.78, 5) is 9.94. The number of halogens is 2. The molecule has 1 aromatic rings. The van der Waals surface area contributed by atoms with Gasteiger partial charge < -0.3 is 0 Å². The molecule has 1 aromatic carbocycles. The number of carbonyl (C=O) groups is 1. The van der Waals surface area contributed by atoms with E-state index < -0.39 is 0 Å². The molecule has 0 saturated carbocycles. The molecule has 0 aromatic heterocycles. The molecule has 0 saturated heterocycles. The number of hydrogen-bond donors (Lipinski definition) is 0. The molecule has 3 heteroatoms. The van der Waals surface area contributed by atoms with E-state index in [2.05, 4.69) is 15.9 Å². The Labute approximate surface area is 78.0 Å². The van der Waals surface area contributed by atoms with E-state index in [1.54, 1.807) is 18.2 Å². The number of carbonyl (C=O) groups excluding carboxylic acids is 1. The minimum absolute atomic E-state index is 0.331. The summed E-state index contributed by atoms with van der Waals surface area (Å²) in [5.74, 6) is -0.331. The zero-order chi connectivity index (χ0) is 8.97. The monoisotopic (exact) mass is 228 g/mol. The third kappa shape index (κ3) is 2.27. The molecular weight excluding hydrogens is 223 g/mol. The van der Waals surface area contributed by atoms with Gasteiger partial charge in [-0.2, -0.15) is 0 Å². The van der Waals surface area contributed by atoms with E-state index in [0.717, 1.165) is 0 Å². The highest BCUT2D eigenvalue weighted by atomic mass is 79.9. The van der Waals surface area contributed by atoms with Gasteiger partial charge in [-0.15, -0.1) is 0 Å². The number of aldehydes is 1. The van der Waals surface area contributed by atoms with Crippen LogP contribution in [0.1, 0.15) is 5.56 Å². The van der Waals surface area contributed by atoms with Crippen molar-refractivity contribution in [2.75, 3.05) is 0 Å². The quantitative estimate of drug-likeness (QED) is 0.562. The summed E-state index contributed by atoms with van der Waals surface area (Å²) >= 11 is 3.03. The van der Waals surface area contributed by atoms with E-state index in [4.69, 9.17) is 0 Å². The lowest BCUT2D eigenvalue weighted by atomic mass is 10.2. The van der Waals surface area contributed by atoms with Crippen LogP contribution in [0.15, 0.2) is 28.7 Å². The zero-order valence-corrected chi connectivity index (χ0v) is 7.71. The number of allylic oxidation sites excluding steroid dienone is 1. The van der Waals surface area contributed by atoms with Gasteiger partial charge in [0.1, 0.15) is 12.1 Å². The lowest BCUT2D eigenvalue weighted by Gasteiger charge is -1.95. The summed E-state index contributed by atoms with van der Waals surface area (Å²) in [5, 5.41) is 0. The fourth-order valence-corrected chi connectivity index (χ4v) is 1.01.